The van der Waals surface area contributed by atoms with Crippen molar-refractivity contribution >= 4 is 0 Å². The van der Waals surface area contributed by atoms with E-state index in [1.807, 2.05) is 34.0 Å². The average molecular weight is 303 g/mol. The van der Waals surface area contributed by atoms with Crippen LogP contribution in [0.2, 0.25) is 0 Å². The fourth-order valence-electron chi connectivity index (χ4n) is 2.89. The Morgan fingerprint density at radius 2 is 1.91 bits per heavy atom. The van der Waals surface area contributed by atoms with Crippen LogP contribution in [0.25, 0.3) is 11.5 Å². The summed E-state index contributed by atoms with van der Waals surface area (Å²) in [4.78, 5) is 7.08. The van der Waals surface area contributed by atoms with Gasteiger partial charge < -0.3 is 4.57 Å². The Bertz CT molecular complexity index is 609. The fraction of sp³-hybridized carbons (Fsp3) is 0.647. The van der Waals surface area contributed by atoms with Crippen molar-refractivity contribution in [2.75, 3.05) is 6.54 Å². The van der Waals surface area contributed by atoms with Gasteiger partial charge in [-0.15, -0.1) is 0 Å². The van der Waals surface area contributed by atoms with E-state index in [1.165, 1.54) is 5.69 Å². The number of fused-ring (bicyclic) bond motifs is 1. The minimum absolute atomic E-state index is 0.579. The molecule has 0 unspecified atom stereocenters. The highest BCUT2D eigenvalue weighted by atomic mass is 15.3. The summed E-state index contributed by atoms with van der Waals surface area (Å²) in [6.45, 7) is 13.7. The van der Waals surface area contributed by atoms with Crippen LogP contribution in [0.4, 0.5) is 0 Å². The van der Waals surface area contributed by atoms with Crippen molar-refractivity contribution in [3.8, 4) is 11.5 Å². The highest BCUT2D eigenvalue weighted by Crippen LogP contribution is 2.22. The second-order valence-electron chi connectivity index (χ2n) is 5.98. The lowest BCUT2D eigenvalue weighted by Crippen LogP contribution is -2.30. The molecule has 3 heterocycles. The largest absolute Gasteiger partial charge is 0.332 e. The maximum atomic E-state index is 4.76. The van der Waals surface area contributed by atoms with E-state index in [-0.39, 0.29) is 0 Å². The first-order valence-electron chi connectivity index (χ1n) is 8.35. The fourth-order valence-corrected chi connectivity index (χ4v) is 2.89. The molecule has 5 heteroatoms. The molecule has 0 amide bonds. The van der Waals surface area contributed by atoms with Gasteiger partial charge in [-0.3, -0.25) is 9.58 Å². The van der Waals surface area contributed by atoms with E-state index in [9.17, 15) is 0 Å². The topological polar surface area (TPSA) is 38.9 Å². The zero-order valence-corrected chi connectivity index (χ0v) is 14.8. The van der Waals surface area contributed by atoms with Gasteiger partial charge >= 0.3 is 0 Å². The second-order valence-corrected chi connectivity index (χ2v) is 5.98. The van der Waals surface area contributed by atoms with E-state index in [0.29, 0.717) is 6.04 Å². The molecule has 0 fully saturated rings. The number of nitrogens with zero attached hydrogens (tertiary/aromatic N) is 5. The summed E-state index contributed by atoms with van der Waals surface area (Å²) in [6, 6.07) is 2.78. The van der Waals surface area contributed by atoms with E-state index in [2.05, 4.69) is 39.0 Å². The summed E-state index contributed by atoms with van der Waals surface area (Å²) in [7, 11) is 2.03. The Morgan fingerprint density at radius 3 is 2.50 bits per heavy atom. The number of hydrogen-bond donors (Lipinski definition) is 0. The van der Waals surface area contributed by atoms with E-state index in [1.54, 1.807) is 0 Å². The van der Waals surface area contributed by atoms with Gasteiger partial charge in [0.15, 0.2) is 5.82 Å². The molecular formula is C17H29N5. The summed E-state index contributed by atoms with van der Waals surface area (Å²) in [6.07, 6.45) is 3.20. The van der Waals surface area contributed by atoms with Gasteiger partial charge in [0, 0.05) is 38.9 Å². The Balaban J connectivity index is 0.000000847. The van der Waals surface area contributed by atoms with Gasteiger partial charge in [0.25, 0.3) is 0 Å². The van der Waals surface area contributed by atoms with Gasteiger partial charge in [0.1, 0.15) is 5.69 Å². The maximum Gasteiger partial charge on any atom is 0.160 e. The van der Waals surface area contributed by atoms with Crippen LogP contribution in [-0.4, -0.2) is 36.8 Å². The van der Waals surface area contributed by atoms with Crippen LogP contribution in [0, 0.1) is 6.92 Å². The molecule has 0 spiro atoms. The first-order valence-corrected chi connectivity index (χ1v) is 8.35. The molecule has 22 heavy (non-hydrogen) atoms. The monoisotopic (exact) mass is 303 g/mol. The molecule has 0 atom stereocenters. The number of aryl methyl sites for hydroxylation is 3. The van der Waals surface area contributed by atoms with Crippen LogP contribution in [0.15, 0.2) is 12.3 Å². The van der Waals surface area contributed by atoms with E-state index in [0.717, 1.165) is 43.3 Å². The van der Waals surface area contributed by atoms with Gasteiger partial charge in [0.05, 0.1) is 11.4 Å². The first kappa shape index (κ1) is 16.7. The Hall–Kier alpha value is -1.62. The molecule has 0 radical (unpaired) electrons. The molecule has 0 saturated heterocycles. The smallest absolute Gasteiger partial charge is 0.160 e. The zero-order chi connectivity index (χ0) is 16.3. The number of aromatic nitrogens is 4. The van der Waals surface area contributed by atoms with Crippen LogP contribution in [0.1, 0.15) is 45.5 Å². The van der Waals surface area contributed by atoms with E-state index >= 15 is 0 Å². The molecule has 0 saturated carbocycles. The molecule has 1 aliphatic heterocycles. The molecule has 2 aromatic rings. The highest BCUT2D eigenvalue weighted by Gasteiger charge is 2.20. The van der Waals surface area contributed by atoms with E-state index in [4.69, 9.17) is 5.10 Å². The summed E-state index contributed by atoms with van der Waals surface area (Å²) in [5.74, 6) is 0.958. The van der Waals surface area contributed by atoms with Crippen molar-refractivity contribution in [3.05, 3.63) is 23.7 Å². The predicted octanol–water partition coefficient (Wildman–Crippen LogP) is 3.23. The Morgan fingerprint density at radius 1 is 1.18 bits per heavy atom. The second kappa shape index (κ2) is 7.09. The minimum Gasteiger partial charge on any atom is -0.332 e. The standard InChI is InChI=1S/C15H23N5.C2H6/c1-11(2)19-6-5-7-20-13(10-19)8-14(17-20)15-16-12(3)9-18(15)4;1-2/h8-9,11H,5-7,10H2,1-4H3;1-2H3. The zero-order valence-electron chi connectivity index (χ0n) is 14.8. The van der Waals surface area contributed by atoms with Crippen LogP contribution in [0.5, 0.6) is 0 Å². The van der Waals surface area contributed by atoms with Crippen molar-refractivity contribution in [3.63, 3.8) is 0 Å². The predicted molar refractivity (Wildman–Crippen MR) is 90.7 cm³/mol. The number of rotatable bonds is 2. The molecule has 0 N–H and O–H groups in total. The van der Waals surface area contributed by atoms with Crippen molar-refractivity contribution in [2.45, 2.75) is 60.2 Å². The summed E-state index contributed by atoms with van der Waals surface area (Å²) in [5, 5.41) is 4.76. The van der Waals surface area contributed by atoms with Gasteiger partial charge in [-0.2, -0.15) is 5.10 Å². The first-order chi connectivity index (χ1) is 10.5. The summed E-state index contributed by atoms with van der Waals surface area (Å²) in [5.41, 5.74) is 3.32. The quantitative estimate of drug-likeness (QED) is 0.855. The van der Waals surface area contributed by atoms with Gasteiger partial charge in [-0.1, -0.05) is 13.8 Å². The minimum atomic E-state index is 0.579. The molecule has 0 aromatic carbocycles. The third-order valence-corrected chi connectivity index (χ3v) is 4.00. The van der Waals surface area contributed by atoms with E-state index < -0.39 is 0 Å². The molecule has 122 valence electrons. The average Bonchev–Trinajstić information content (AvgIpc) is 2.97. The van der Waals surface area contributed by atoms with Gasteiger partial charge in [0.2, 0.25) is 0 Å². The lowest BCUT2D eigenvalue weighted by atomic mass is 10.2. The third kappa shape index (κ3) is 3.40. The summed E-state index contributed by atoms with van der Waals surface area (Å²) < 4.78 is 4.21. The Kier molecular flexibility index (Phi) is 5.40. The molecule has 3 rings (SSSR count). The number of hydrogen-bond acceptors (Lipinski definition) is 3. The molecule has 1 aliphatic rings. The maximum absolute atomic E-state index is 4.76. The lowest BCUT2D eigenvalue weighted by Gasteiger charge is -2.23. The van der Waals surface area contributed by atoms with Crippen LogP contribution in [0.3, 0.4) is 0 Å². The molecule has 0 aliphatic carbocycles. The van der Waals surface area contributed by atoms with Gasteiger partial charge in [-0.25, -0.2) is 4.98 Å². The van der Waals surface area contributed by atoms with Crippen LogP contribution < -0.4 is 0 Å². The van der Waals surface area contributed by atoms with Crippen LogP contribution >= 0.6 is 0 Å². The number of imidazole rings is 1. The van der Waals surface area contributed by atoms with Crippen LogP contribution in [-0.2, 0) is 20.1 Å². The molecule has 0 bridgehead atoms. The Labute approximate surface area is 134 Å². The molecule has 5 nitrogen and oxygen atoms in total. The highest BCUT2D eigenvalue weighted by molar-refractivity contribution is 5.51. The van der Waals surface area contributed by atoms with Crippen molar-refractivity contribution < 1.29 is 0 Å². The van der Waals surface area contributed by atoms with Crippen molar-refractivity contribution in [1.82, 2.24) is 24.2 Å². The van der Waals surface area contributed by atoms with Gasteiger partial charge in [-0.05, 0) is 33.3 Å². The van der Waals surface area contributed by atoms with Crippen molar-refractivity contribution in [2.24, 2.45) is 7.05 Å². The lowest BCUT2D eigenvalue weighted by molar-refractivity contribution is 0.216. The molecule has 2 aromatic heterocycles. The third-order valence-electron chi connectivity index (χ3n) is 4.00. The normalized spacial score (nSPS) is 15.2. The SMILES string of the molecule is CC.Cc1cn(C)c(-c2cc3n(n2)CCCN(C(C)C)C3)n1. The van der Waals surface area contributed by atoms with Crippen molar-refractivity contribution in [1.29, 1.82) is 0 Å². The summed E-state index contributed by atoms with van der Waals surface area (Å²) >= 11 is 0. The molecular weight excluding hydrogens is 274 g/mol.